The molecule has 0 saturated heterocycles. The van der Waals surface area contributed by atoms with Gasteiger partial charge in [0.15, 0.2) is 0 Å². The number of halogens is 1. The van der Waals surface area contributed by atoms with Crippen molar-refractivity contribution in [2.24, 2.45) is 0 Å². The van der Waals surface area contributed by atoms with Crippen LogP contribution < -0.4 is 29.1 Å². The van der Waals surface area contributed by atoms with E-state index in [0.29, 0.717) is 6.61 Å². The fraction of sp³-hybridized carbons (Fsp3) is 0.409. The second-order valence-electron chi connectivity index (χ2n) is 6.84. The number of carbonyl (C=O) groups is 1. The zero-order chi connectivity index (χ0) is 19.6. The number of hydrogen-bond donors (Lipinski definition) is 1. The first-order valence-electron chi connectivity index (χ1n) is 9.11. The number of rotatable bonds is 7. The molecule has 5 heteroatoms. The van der Waals surface area contributed by atoms with E-state index in [4.69, 9.17) is 5.11 Å². The van der Waals surface area contributed by atoms with Gasteiger partial charge in [-0.05, 0) is 31.9 Å². The molecular formula is C22H31INO3-. The summed E-state index contributed by atoms with van der Waals surface area (Å²) in [6.07, 6.45) is 0. The molecule has 0 amide bonds. The number of benzene rings is 2. The monoisotopic (exact) mass is 484 g/mol. The SMILES string of the molecule is CC(C(=O)[O-])(c1ccccc1)c1ccccc1.CC[N+](C)(CC)CCO.[I-]. The van der Waals surface area contributed by atoms with Crippen LogP contribution in [0.15, 0.2) is 60.7 Å². The molecule has 0 spiro atoms. The summed E-state index contributed by atoms with van der Waals surface area (Å²) >= 11 is 0. The molecule has 0 aliphatic heterocycles. The lowest BCUT2D eigenvalue weighted by molar-refractivity contribution is -0.906. The van der Waals surface area contributed by atoms with Gasteiger partial charge in [0.1, 0.15) is 6.54 Å². The highest BCUT2D eigenvalue weighted by atomic mass is 127. The van der Waals surface area contributed by atoms with Crippen LogP contribution in [0.4, 0.5) is 0 Å². The minimum absolute atomic E-state index is 0. The van der Waals surface area contributed by atoms with Gasteiger partial charge in [0.05, 0.1) is 38.1 Å². The molecule has 2 aromatic rings. The molecule has 1 N–H and O–H groups in total. The number of aliphatic carboxylic acids is 1. The Morgan fingerprint density at radius 3 is 1.56 bits per heavy atom. The molecule has 0 radical (unpaired) electrons. The molecule has 0 fully saturated rings. The molecule has 0 aromatic heterocycles. The minimum Gasteiger partial charge on any atom is -1.00 e. The fourth-order valence-electron chi connectivity index (χ4n) is 2.73. The average molecular weight is 484 g/mol. The Morgan fingerprint density at radius 2 is 1.33 bits per heavy atom. The lowest BCUT2D eigenvalue weighted by Crippen LogP contribution is -3.00. The zero-order valence-electron chi connectivity index (χ0n) is 16.7. The van der Waals surface area contributed by atoms with E-state index in [-0.39, 0.29) is 24.0 Å². The molecule has 27 heavy (non-hydrogen) atoms. The van der Waals surface area contributed by atoms with Gasteiger partial charge in [-0.1, -0.05) is 60.7 Å². The number of carboxylic acids is 1. The highest BCUT2D eigenvalue weighted by Gasteiger charge is 2.30. The number of nitrogens with zero attached hydrogens (tertiary/aromatic N) is 1. The largest absolute Gasteiger partial charge is 1.00 e. The lowest BCUT2D eigenvalue weighted by atomic mass is 9.76. The molecule has 0 unspecified atom stereocenters. The molecule has 2 rings (SSSR count). The highest BCUT2D eigenvalue weighted by Crippen LogP contribution is 2.31. The predicted octanol–water partition coefficient (Wildman–Crippen LogP) is -0.788. The standard InChI is InChI=1S/C15H14O2.C7H18NO.HI/c1-15(14(16)17,12-8-4-2-5-9-12)13-10-6-3-7-11-13;1-4-8(3,5-2)6-7-9;/h2-11H,1H3,(H,16,17);9H,4-7H2,1-3H3;1H/q;+1;/p-2. The molecule has 0 atom stereocenters. The highest BCUT2D eigenvalue weighted by molar-refractivity contribution is 5.83. The molecule has 0 aliphatic rings. The summed E-state index contributed by atoms with van der Waals surface area (Å²) in [6.45, 7) is 9.38. The summed E-state index contributed by atoms with van der Waals surface area (Å²) < 4.78 is 0.983. The molecule has 4 nitrogen and oxygen atoms in total. The van der Waals surface area contributed by atoms with Crippen molar-refractivity contribution in [1.82, 2.24) is 0 Å². The van der Waals surface area contributed by atoms with Gasteiger partial charge in [0.2, 0.25) is 0 Å². The number of hydrogen-bond acceptors (Lipinski definition) is 3. The Balaban J connectivity index is 0.000000584. The van der Waals surface area contributed by atoms with E-state index >= 15 is 0 Å². The lowest BCUT2D eigenvalue weighted by Gasteiger charge is -2.31. The van der Waals surface area contributed by atoms with E-state index in [0.717, 1.165) is 35.2 Å². The van der Waals surface area contributed by atoms with Crippen molar-refractivity contribution in [2.45, 2.75) is 26.2 Å². The van der Waals surface area contributed by atoms with E-state index in [1.807, 2.05) is 60.7 Å². The summed E-state index contributed by atoms with van der Waals surface area (Å²) in [7, 11) is 2.16. The number of likely N-dealkylation sites (N-methyl/N-ethyl adjacent to an activating group) is 1. The summed E-state index contributed by atoms with van der Waals surface area (Å²) in [5.41, 5.74) is 0.347. The van der Waals surface area contributed by atoms with Crippen molar-refractivity contribution in [1.29, 1.82) is 0 Å². The Morgan fingerprint density at radius 1 is 0.963 bits per heavy atom. The summed E-state index contributed by atoms with van der Waals surface area (Å²) in [4.78, 5) is 11.5. The first-order valence-corrected chi connectivity index (χ1v) is 9.11. The topological polar surface area (TPSA) is 60.4 Å². The third-order valence-electron chi connectivity index (χ3n) is 5.28. The Bertz CT molecular complexity index is 618. The molecule has 2 aromatic carbocycles. The predicted molar refractivity (Wildman–Crippen MR) is 104 cm³/mol. The minimum atomic E-state index is -1.11. The number of carbonyl (C=O) groups excluding carboxylic acids is 1. The van der Waals surface area contributed by atoms with Gasteiger partial charge >= 0.3 is 0 Å². The number of quaternary nitrogens is 1. The first kappa shape index (κ1) is 25.6. The van der Waals surface area contributed by atoms with E-state index in [1.54, 1.807) is 6.92 Å². The van der Waals surface area contributed by atoms with Crippen LogP contribution in [0.5, 0.6) is 0 Å². The molecule has 0 saturated carbocycles. The van der Waals surface area contributed by atoms with Crippen molar-refractivity contribution in [3.63, 3.8) is 0 Å². The first-order chi connectivity index (χ1) is 12.3. The van der Waals surface area contributed by atoms with Gasteiger partial charge < -0.3 is 43.5 Å². The molecule has 150 valence electrons. The van der Waals surface area contributed by atoms with E-state index in [1.165, 1.54) is 0 Å². The third kappa shape index (κ3) is 6.90. The maximum Gasteiger partial charge on any atom is 0.102 e. The normalized spacial score (nSPS) is 11.0. The van der Waals surface area contributed by atoms with Gasteiger partial charge in [0.25, 0.3) is 0 Å². The van der Waals surface area contributed by atoms with Gasteiger partial charge in [-0.3, -0.25) is 0 Å². The zero-order valence-corrected chi connectivity index (χ0v) is 18.8. The maximum absolute atomic E-state index is 11.5. The molecule has 0 bridgehead atoms. The Hall–Kier alpha value is -1.44. The van der Waals surface area contributed by atoms with E-state index in [2.05, 4.69) is 20.9 Å². The van der Waals surface area contributed by atoms with Crippen molar-refractivity contribution in [2.75, 3.05) is 33.3 Å². The maximum atomic E-state index is 11.5. The van der Waals surface area contributed by atoms with Crippen LogP contribution in [-0.4, -0.2) is 48.8 Å². The third-order valence-corrected chi connectivity index (χ3v) is 5.28. The van der Waals surface area contributed by atoms with Crippen LogP contribution in [0, 0.1) is 0 Å². The van der Waals surface area contributed by atoms with Crippen LogP contribution in [0.2, 0.25) is 0 Å². The van der Waals surface area contributed by atoms with Gasteiger partial charge in [-0.2, -0.15) is 0 Å². The average Bonchev–Trinajstić information content (AvgIpc) is 2.69. The summed E-state index contributed by atoms with van der Waals surface area (Å²) in [6, 6.07) is 18.3. The molecular weight excluding hydrogens is 453 g/mol. The van der Waals surface area contributed by atoms with E-state index in [9.17, 15) is 9.90 Å². The number of aliphatic hydroxyl groups excluding tert-OH is 1. The van der Waals surface area contributed by atoms with Gasteiger partial charge in [-0.15, -0.1) is 0 Å². The van der Waals surface area contributed by atoms with Crippen molar-refractivity contribution >= 4 is 5.97 Å². The van der Waals surface area contributed by atoms with Crippen molar-refractivity contribution in [3.05, 3.63) is 71.8 Å². The van der Waals surface area contributed by atoms with Crippen LogP contribution in [0.25, 0.3) is 0 Å². The van der Waals surface area contributed by atoms with Crippen LogP contribution >= 0.6 is 0 Å². The summed E-state index contributed by atoms with van der Waals surface area (Å²) in [5.74, 6) is -1.09. The number of aliphatic hydroxyl groups is 1. The fourth-order valence-corrected chi connectivity index (χ4v) is 2.73. The van der Waals surface area contributed by atoms with Crippen LogP contribution in [-0.2, 0) is 10.2 Å². The second-order valence-corrected chi connectivity index (χ2v) is 6.84. The van der Waals surface area contributed by atoms with Crippen LogP contribution in [0.3, 0.4) is 0 Å². The molecule has 0 heterocycles. The Kier molecular flexibility index (Phi) is 11.5. The number of carboxylic acid groups (broad SMARTS) is 1. The van der Waals surface area contributed by atoms with Crippen molar-refractivity contribution in [3.8, 4) is 0 Å². The quantitative estimate of drug-likeness (QED) is 0.414. The molecule has 0 aliphatic carbocycles. The van der Waals surface area contributed by atoms with Crippen molar-refractivity contribution < 1.29 is 43.5 Å². The Labute approximate surface area is 180 Å². The smallest absolute Gasteiger partial charge is 0.102 e. The second kappa shape index (κ2) is 12.1. The van der Waals surface area contributed by atoms with Gasteiger partial charge in [0, 0.05) is 0 Å². The van der Waals surface area contributed by atoms with E-state index < -0.39 is 11.4 Å². The van der Waals surface area contributed by atoms with Crippen LogP contribution in [0.1, 0.15) is 31.9 Å². The van der Waals surface area contributed by atoms with Gasteiger partial charge in [-0.25, -0.2) is 0 Å². The summed E-state index contributed by atoms with van der Waals surface area (Å²) in [5, 5.41) is 20.2.